The highest BCUT2D eigenvalue weighted by Gasteiger charge is 2.20. The molecule has 0 bridgehead atoms. The van der Waals surface area contributed by atoms with Gasteiger partial charge in [0.05, 0.1) is 16.8 Å². The van der Waals surface area contributed by atoms with Crippen molar-refractivity contribution in [2.75, 3.05) is 12.4 Å². The van der Waals surface area contributed by atoms with Crippen molar-refractivity contribution in [3.05, 3.63) is 56.9 Å². The van der Waals surface area contributed by atoms with Gasteiger partial charge in [0.2, 0.25) is 0 Å². The zero-order valence-corrected chi connectivity index (χ0v) is 14.8. The smallest absolute Gasteiger partial charge is 0.267 e. The number of carbonyl (C=O) groups excluding carboxylic acids is 1. The van der Waals surface area contributed by atoms with Crippen LogP contribution in [0.15, 0.2) is 36.4 Å². The van der Waals surface area contributed by atoms with Gasteiger partial charge in [0.25, 0.3) is 5.91 Å². The molecule has 118 valence electrons. The second kappa shape index (κ2) is 6.40. The van der Waals surface area contributed by atoms with E-state index in [9.17, 15) is 4.79 Å². The molecular formula is C17H13Cl2NO2S. The van der Waals surface area contributed by atoms with Crippen molar-refractivity contribution < 1.29 is 9.53 Å². The molecular weight excluding hydrogens is 353 g/mol. The van der Waals surface area contributed by atoms with Gasteiger partial charge in [-0.25, -0.2) is 0 Å². The van der Waals surface area contributed by atoms with Gasteiger partial charge in [-0.05, 0) is 30.7 Å². The molecule has 0 aliphatic rings. The molecule has 0 atom stereocenters. The Hall–Kier alpha value is -1.75. The molecule has 0 fully saturated rings. The van der Waals surface area contributed by atoms with Gasteiger partial charge in [0.15, 0.2) is 0 Å². The summed E-state index contributed by atoms with van der Waals surface area (Å²) in [7, 11) is 1.55. The van der Waals surface area contributed by atoms with E-state index >= 15 is 0 Å². The maximum Gasteiger partial charge on any atom is 0.267 e. The zero-order valence-electron chi connectivity index (χ0n) is 12.4. The molecule has 1 N–H and O–H groups in total. The average molecular weight is 366 g/mol. The number of hydrogen-bond acceptors (Lipinski definition) is 3. The van der Waals surface area contributed by atoms with E-state index in [1.54, 1.807) is 13.2 Å². The number of anilines is 1. The Kier molecular flexibility index (Phi) is 4.48. The minimum atomic E-state index is -0.250. The van der Waals surface area contributed by atoms with Crippen LogP contribution in [0.25, 0.3) is 10.1 Å². The molecule has 3 rings (SSSR count). The van der Waals surface area contributed by atoms with Gasteiger partial charge >= 0.3 is 0 Å². The van der Waals surface area contributed by atoms with Gasteiger partial charge in [-0.3, -0.25) is 4.79 Å². The lowest BCUT2D eigenvalue weighted by molar-refractivity contribution is 0.103. The molecule has 6 heteroatoms. The van der Waals surface area contributed by atoms with E-state index < -0.39 is 0 Å². The van der Waals surface area contributed by atoms with Crippen LogP contribution >= 0.6 is 34.5 Å². The average Bonchev–Trinajstić information content (AvgIpc) is 2.88. The van der Waals surface area contributed by atoms with Crippen LogP contribution in [0.3, 0.4) is 0 Å². The van der Waals surface area contributed by atoms with Gasteiger partial charge in [-0.2, -0.15) is 0 Å². The van der Waals surface area contributed by atoms with Crippen molar-refractivity contribution in [2.45, 2.75) is 6.92 Å². The van der Waals surface area contributed by atoms with Crippen LogP contribution in [-0.2, 0) is 0 Å². The number of halogens is 2. The fourth-order valence-electron chi connectivity index (χ4n) is 2.28. The summed E-state index contributed by atoms with van der Waals surface area (Å²) in [5.41, 5.74) is 1.74. The number of rotatable bonds is 3. The van der Waals surface area contributed by atoms with Crippen molar-refractivity contribution >= 4 is 56.2 Å². The summed E-state index contributed by atoms with van der Waals surface area (Å²) < 4.78 is 5.95. The number of benzene rings is 2. The normalized spacial score (nSPS) is 10.8. The summed E-state index contributed by atoms with van der Waals surface area (Å²) in [5.74, 6) is 0.309. The number of amides is 1. The first kappa shape index (κ1) is 16.1. The van der Waals surface area contributed by atoms with Crippen molar-refractivity contribution in [3.8, 4) is 5.75 Å². The number of hydrogen-bond donors (Lipinski definition) is 1. The highest BCUT2D eigenvalue weighted by atomic mass is 35.5. The molecule has 1 amide bonds. The van der Waals surface area contributed by atoms with Crippen LogP contribution in [0.4, 0.5) is 5.69 Å². The van der Waals surface area contributed by atoms with E-state index in [0.717, 1.165) is 21.3 Å². The van der Waals surface area contributed by atoms with Gasteiger partial charge < -0.3 is 10.1 Å². The number of nitrogens with one attached hydrogen (secondary N) is 1. The maximum atomic E-state index is 12.6. The van der Waals surface area contributed by atoms with E-state index in [0.29, 0.717) is 20.7 Å². The minimum absolute atomic E-state index is 0.250. The Morgan fingerprint density at radius 1 is 1.13 bits per heavy atom. The van der Waals surface area contributed by atoms with Crippen LogP contribution in [0.1, 0.15) is 15.2 Å². The first-order chi connectivity index (χ1) is 11.0. The number of para-hydroxylation sites is 1. The molecule has 0 aliphatic heterocycles. The summed E-state index contributed by atoms with van der Waals surface area (Å²) >= 11 is 13.9. The summed E-state index contributed by atoms with van der Waals surface area (Å²) in [4.78, 5) is 13.0. The number of ether oxygens (including phenoxy) is 1. The zero-order chi connectivity index (χ0) is 16.6. The van der Waals surface area contributed by atoms with Crippen molar-refractivity contribution in [3.63, 3.8) is 0 Å². The third kappa shape index (κ3) is 2.90. The second-order valence-electron chi connectivity index (χ2n) is 4.97. The lowest BCUT2D eigenvalue weighted by Crippen LogP contribution is -2.11. The highest BCUT2D eigenvalue weighted by Crippen LogP contribution is 2.43. The standard InChI is InChI=1S/C17H13Cl2NO2S/c1-9-5-3-4-6-11(9)20-17(21)16-13(18)10-7-8-12(22-2)14(19)15(10)23-16/h3-8H,1-2H3,(H,20,21). The molecule has 0 radical (unpaired) electrons. The predicted molar refractivity (Wildman–Crippen MR) is 97.5 cm³/mol. The van der Waals surface area contributed by atoms with Crippen molar-refractivity contribution in [1.29, 1.82) is 0 Å². The Morgan fingerprint density at radius 2 is 1.87 bits per heavy atom. The number of aryl methyl sites for hydroxylation is 1. The molecule has 1 aromatic heterocycles. The number of thiophene rings is 1. The van der Waals surface area contributed by atoms with E-state index in [1.165, 1.54) is 11.3 Å². The van der Waals surface area contributed by atoms with Crippen LogP contribution in [-0.4, -0.2) is 13.0 Å². The lowest BCUT2D eigenvalue weighted by Gasteiger charge is -2.06. The minimum Gasteiger partial charge on any atom is -0.495 e. The fourth-order valence-corrected chi connectivity index (χ4v) is 4.07. The van der Waals surface area contributed by atoms with E-state index in [4.69, 9.17) is 27.9 Å². The molecule has 3 nitrogen and oxygen atoms in total. The van der Waals surface area contributed by atoms with Gasteiger partial charge in [0.1, 0.15) is 15.6 Å². The Bertz CT molecular complexity index is 905. The van der Waals surface area contributed by atoms with Crippen molar-refractivity contribution in [1.82, 2.24) is 0 Å². The lowest BCUT2D eigenvalue weighted by atomic mass is 10.2. The third-order valence-electron chi connectivity index (χ3n) is 3.52. The Morgan fingerprint density at radius 3 is 2.57 bits per heavy atom. The molecule has 3 aromatic rings. The molecule has 0 spiro atoms. The molecule has 0 unspecified atom stereocenters. The number of methoxy groups -OCH3 is 1. The predicted octanol–water partition coefficient (Wildman–Crippen LogP) is 5.78. The van der Waals surface area contributed by atoms with Crippen LogP contribution in [0, 0.1) is 6.92 Å². The van der Waals surface area contributed by atoms with Crippen molar-refractivity contribution in [2.24, 2.45) is 0 Å². The third-order valence-corrected chi connectivity index (χ3v) is 5.73. The first-order valence-electron chi connectivity index (χ1n) is 6.84. The maximum absolute atomic E-state index is 12.6. The summed E-state index contributed by atoms with van der Waals surface area (Å²) in [6.07, 6.45) is 0. The topological polar surface area (TPSA) is 38.3 Å². The SMILES string of the molecule is COc1ccc2c(Cl)c(C(=O)Nc3ccccc3C)sc2c1Cl. The first-order valence-corrected chi connectivity index (χ1v) is 8.41. The molecule has 1 heterocycles. The van der Waals surface area contributed by atoms with Gasteiger partial charge in [-0.15, -0.1) is 11.3 Å². The summed E-state index contributed by atoms with van der Waals surface area (Å²) in [5, 5.41) is 4.50. The van der Waals surface area contributed by atoms with Crippen LogP contribution in [0.5, 0.6) is 5.75 Å². The monoisotopic (exact) mass is 365 g/mol. The molecule has 0 aliphatic carbocycles. The number of carbonyl (C=O) groups is 1. The summed E-state index contributed by atoms with van der Waals surface area (Å²) in [6, 6.07) is 11.1. The van der Waals surface area contributed by atoms with Gasteiger partial charge in [-0.1, -0.05) is 41.4 Å². The molecule has 0 saturated carbocycles. The van der Waals surface area contributed by atoms with E-state index in [-0.39, 0.29) is 5.91 Å². The quantitative estimate of drug-likeness (QED) is 0.638. The highest BCUT2D eigenvalue weighted by molar-refractivity contribution is 7.22. The Labute approximate surface area is 147 Å². The fraction of sp³-hybridized carbons (Fsp3) is 0.118. The molecule has 23 heavy (non-hydrogen) atoms. The molecule has 0 saturated heterocycles. The van der Waals surface area contributed by atoms with Crippen LogP contribution in [0.2, 0.25) is 10.0 Å². The largest absolute Gasteiger partial charge is 0.495 e. The van der Waals surface area contributed by atoms with E-state index in [1.807, 2.05) is 37.3 Å². The molecule has 2 aromatic carbocycles. The second-order valence-corrected chi connectivity index (χ2v) is 6.75. The van der Waals surface area contributed by atoms with Crippen LogP contribution < -0.4 is 10.1 Å². The summed E-state index contributed by atoms with van der Waals surface area (Å²) in [6.45, 7) is 1.93. The van der Waals surface area contributed by atoms with E-state index in [2.05, 4.69) is 5.32 Å². The van der Waals surface area contributed by atoms with Gasteiger partial charge in [0, 0.05) is 11.1 Å². The number of fused-ring (bicyclic) bond motifs is 1. The Balaban J connectivity index is 2.03.